The van der Waals surface area contributed by atoms with E-state index in [-0.39, 0.29) is 18.7 Å². The highest BCUT2D eigenvalue weighted by atomic mass is 19.2. The van der Waals surface area contributed by atoms with Crippen molar-refractivity contribution in [2.75, 3.05) is 13.2 Å². The van der Waals surface area contributed by atoms with Crippen molar-refractivity contribution in [1.82, 2.24) is 5.32 Å². The fourth-order valence-electron chi connectivity index (χ4n) is 1.34. The highest BCUT2D eigenvalue weighted by molar-refractivity contribution is 5.28. The summed E-state index contributed by atoms with van der Waals surface area (Å²) in [6.07, 6.45) is 0.891. The molecule has 0 aliphatic carbocycles. The normalized spacial score (nSPS) is 12.6. The van der Waals surface area contributed by atoms with Gasteiger partial charge in [0.05, 0.1) is 0 Å². The number of nitrogens with one attached hydrogen (secondary N) is 1. The van der Waals surface area contributed by atoms with E-state index in [1.165, 1.54) is 0 Å². The molecule has 0 aliphatic rings. The van der Waals surface area contributed by atoms with Crippen molar-refractivity contribution in [2.24, 2.45) is 0 Å². The third-order valence-corrected chi connectivity index (χ3v) is 2.29. The van der Waals surface area contributed by atoms with Gasteiger partial charge in [0, 0.05) is 12.1 Å². The zero-order valence-electron chi connectivity index (χ0n) is 10.2. The number of hydrogen-bond donors (Lipinski definition) is 1. The molecule has 1 aromatic carbocycles. The molecule has 0 heterocycles. The van der Waals surface area contributed by atoms with Crippen LogP contribution < -0.4 is 10.1 Å². The van der Waals surface area contributed by atoms with Crippen LogP contribution in [0.3, 0.4) is 0 Å². The van der Waals surface area contributed by atoms with Crippen LogP contribution in [0, 0.1) is 23.3 Å². The van der Waals surface area contributed by atoms with Crippen LogP contribution >= 0.6 is 0 Å². The maximum atomic E-state index is 13.2. The molecule has 1 N–H and O–H groups in total. The first-order valence-electron chi connectivity index (χ1n) is 5.66. The van der Waals surface area contributed by atoms with Crippen molar-refractivity contribution in [3.05, 3.63) is 29.3 Å². The van der Waals surface area contributed by atoms with Crippen LogP contribution in [0.4, 0.5) is 17.6 Å². The van der Waals surface area contributed by atoms with Crippen molar-refractivity contribution in [3.8, 4) is 5.75 Å². The lowest BCUT2D eigenvalue weighted by atomic mass is 10.3. The van der Waals surface area contributed by atoms with Crippen molar-refractivity contribution in [2.45, 2.75) is 26.3 Å². The van der Waals surface area contributed by atoms with Gasteiger partial charge in [-0.1, -0.05) is 6.92 Å². The molecule has 6 heteroatoms. The molecule has 1 atom stereocenters. The summed E-state index contributed by atoms with van der Waals surface area (Å²) < 4.78 is 57.0. The minimum absolute atomic E-state index is 0.0866. The second kappa shape index (κ2) is 6.58. The molecule has 0 saturated carbocycles. The molecule has 1 aromatic rings. The van der Waals surface area contributed by atoms with E-state index >= 15 is 0 Å². The highest BCUT2D eigenvalue weighted by Gasteiger charge is 2.20. The lowest BCUT2D eigenvalue weighted by Gasteiger charge is -2.15. The minimum atomic E-state index is -1.52. The Labute approximate surface area is 103 Å². The monoisotopic (exact) mass is 265 g/mol. The van der Waals surface area contributed by atoms with Gasteiger partial charge >= 0.3 is 0 Å². The molecule has 2 nitrogen and oxygen atoms in total. The maximum absolute atomic E-state index is 13.2. The lowest BCUT2D eigenvalue weighted by molar-refractivity contribution is 0.241. The molecule has 1 rings (SSSR count). The average Bonchev–Trinajstić information content (AvgIpc) is 2.34. The third kappa shape index (κ3) is 3.60. The summed E-state index contributed by atoms with van der Waals surface area (Å²) >= 11 is 0. The highest BCUT2D eigenvalue weighted by Crippen LogP contribution is 2.26. The molecular weight excluding hydrogens is 250 g/mol. The summed E-state index contributed by atoms with van der Waals surface area (Å²) in [5.41, 5.74) is 0. The van der Waals surface area contributed by atoms with Crippen LogP contribution in [-0.2, 0) is 0 Å². The van der Waals surface area contributed by atoms with Crippen LogP contribution in [0.15, 0.2) is 6.07 Å². The fraction of sp³-hybridized carbons (Fsp3) is 0.500. The third-order valence-electron chi connectivity index (χ3n) is 2.29. The second-order valence-corrected chi connectivity index (χ2v) is 3.96. The Bertz CT molecular complexity index is 385. The van der Waals surface area contributed by atoms with Crippen molar-refractivity contribution >= 4 is 0 Å². The molecule has 102 valence electrons. The molecule has 0 bridgehead atoms. The Morgan fingerprint density at radius 3 is 2.22 bits per heavy atom. The number of halogens is 4. The Morgan fingerprint density at radius 2 is 1.72 bits per heavy atom. The summed E-state index contributed by atoms with van der Waals surface area (Å²) in [4.78, 5) is 0. The van der Waals surface area contributed by atoms with Crippen molar-refractivity contribution in [1.29, 1.82) is 0 Å². The maximum Gasteiger partial charge on any atom is 0.203 e. The van der Waals surface area contributed by atoms with E-state index in [0.717, 1.165) is 6.42 Å². The number of hydrogen-bond acceptors (Lipinski definition) is 2. The van der Waals surface area contributed by atoms with Gasteiger partial charge in [0.25, 0.3) is 0 Å². The van der Waals surface area contributed by atoms with E-state index in [2.05, 4.69) is 5.32 Å². The first-order valence-corrected chi connectivity index (χ1v) is 5.66. The van der Waals surface area contributed by atoms with E-state index < -0.39 is 29.0 Å². The van der Waals surface area contributed by atoms with Crippen LogP contribution in [0.25, 0.3) is 0 Å². The quantitative estimate of drug-likeness (QED) is 0.630. The molecule has 0 aliphatic heterocycles. The summed E-state index contributed by atoms with van der Waals surface area (Å²) in [5, 5.41) is 3.01. The molecule has 0 aromatic heterocycles. The van der Waals surface area contributed by atoms with Gasteiger partial charge in [-0.25, -0.2) is 8.78 Å². The second-order valence-electron chi connectivity index (χ2n) is 3.96. The number of benzene rings is 1. The predicted molar refractivity (Wildman–Crippen MR) is 59.5 cm³/mol. The fourth-order valence-corrected chi connectivity index (χ4v) is 1.34. The molecule has 0 saturated heterocycles. The van der Waals surface area contributed by atoms with Gasteiger partial charge in [0.2, 0.25) is 11.6 Å². The van der Waals surface area contributed by atoms with E-state index in [9.17, 15) is 17.6 Å². The van der Waals surface area contributed by atoms with Crippen LogP contribution in [0.5, 0.6) is 5.75 Å². The molecule has 0 amide bonds. The average molecular weight is 265 g/mol. The SMILES string of the molecule is CCCNC(C)COc1c(F)c(F)cc(F)c1F. The van der Waals surface area contributed by atoms with E-state index in [4.69, 9.17) is 4.74 Å². The van der Waals surface area contributed by atoms with Crippen molar-refractivity contribution in [3.63, 3.8) is 0 Å². The van der Waals surface area contributed by atoms with Gasteiger partial charge in [-0.15, -0.1) is 0 Å². The van der Waals surface area contributed by atoms with Crippen molar-refractivity contribution < 1.29 is 22.3 Å². The van der Waals surface area contributed by atoms with E-state index in [1.54, 1.807) is 6.92 Å². The van der Waals surface area contributed by atoms with Crippen LogP contribution in [0.1, 0.15) is 20.3 Å². The van der Waals surface area contributed by atoms with Gasteiger partial charge in [0.1, 0.15) is 6.61 Å². The summed E-state index contributed by atoms with van der Waals surface area (Å²) in [7, 11) is 0. The van der Waals surface area contributed by atoms with Gasteiger partial charge in [-0.2, -0.15) is 8.78 Å². The molecule has 0 fully saturated rings. The first-order chi connectivity index (χ1) is 8.47. The molecule has 18 heavy (non-hydrogen) atoms. The summed E-state index contributed by atoms with van der Waals surface area (Å²) in [5.74, 6) is -7.00. The standard InChI is InChI=1S/C12H15F4NO/c1-3-4-17-7(2)6-18-12-10(15)8(13)5-9(14)11(12)16/h5,7,17H,3-4,6H2,1-2H3. The van der Waals surface area contributed by atoms with E-state index in [1.807, 2.05) is 6.92 Å². The zero-order chi connectivity index (χ0) is 13.7. The molecule has 0 spiro atoms. The number of ether oxygens (including phenoxy) is 1. The number of rotatable bonds is 6. The zero-order valence-corrected chi connectivity index (χ0v) is 10.2. The summed E-state index contributed by atoms with van der Waals surface area (Å²) in [6, 6.07) is -0.0360. The predicted octanol–water partition coefficient (Wildman–Crippen LogP) is 3.01. The Kier molecular flexibility index (Phi) is 5.40. The van der Waals surface area contributed by atoms with Gasteiger partial charge < -0.3 is 10.1 Å². The van der Waals surface area contributed by atoms with Gasteiger partial charge in [-0.3, -0.25) is 0 Å². The Morgan fingerprint density at radius 1 is 1.17 bits per heavy atom. The molecule has 0 radical (unpaired) electrons. The van der Waals surface area contributed by atoms with Gasteiger partial charge in [-0.05, 0) is 19.9 Å². The first kappa shape index (κ1) is 14.8. The lowest BCUT2D eigenvalue weighted by Crippen LogP contribution is -2.32. The Balaban J connectivity index is 2.73. The Hall–Kier alpha value is -1.30. The summed E-state index contributed by atoms with van der Waals surface area (Å²) in [6.45, 7) is 4.33. The minimum Gasteiger partial charge on any atom is -0.486 e. The van der Waals surface area contributed by atoms with E-state index in [0.29, 0.717) is 6.54 Å². The smallest absolute Gasteiger partial charge is 0.203 e. The molecular formula is C12H15F4NO. The van der Waals surface area contributed by atoms with Crippen LogP contribution in [-0.4, -0.2) is 19.2 Å². The topological polar surface area (TPSA) is 21.3 Å². The van der Waals surface area contributed by atoms with Crippen LogP contribution in [0.2, 0.25) is 0 Å². The molecule has 1 unspecified atom stereocenters. The largest absolute Gasteiger partial charge is 0.486 e. The van der Waals surface area contributed by atoms with Gasteiger partial charge in [0.15, 0.2) is 17.4 Å².